The van der Waals surface area contributed by atoms with Gasteiger partial charge < -0.3 is 5.32 Å². The molecule has 160 valence electrons. The van der Waals surface area contributed by atoms with Crippen LogP contribution in [0.2, 0.25) is 5.02 Å². The zero-order valence-corrected chi connectivity index (χ0v) is 17.4. The summed E-state index contributed by atoms with van der Waals surface area (Å²) < 4.78 is 14.5. The van der Waals surface area contributed by atoms with Crippen LogP contribution < -0.4 is 16.6 Å². The Morgan fingerprint density at radius 2 is 1.69 bits per heavy atom. The largest absolute Gasteiger partial charge is 0.333 e. The van der Waals surface area contributed by atoms with Crippen molar-refractivity contribution in [1.82, 2.24) is 9.55 Å². The summed E-state index contributed by atoms with van der Waals surface area (Å²) in [6.45, 7) is 0. The van der Waals surface area contributed by atoms with Crippen LogP contribution in [0.4, 0.5) is 10.1 Å². The molecule has 0 aliphatic rings. The first kappa shape index (κ1) is 21.3. The lowest BCUT2D eigenvalue weighted by Crippen LogP contribution is -2.30. The number of anilines is 1. The molecule has 0 unspecified atom stereocenters. The van der Waals surface area contributed by atoms with E-state index in [1.54, 1.807) is 12.1 Å². The van der Waals surface area contributed by atoms with Crippen molar-refractivity contribution in [3.8, 4) is 16.8 Å². The van der Waals surface area contributed by atoms with Gasteiger partial charge in [0.1, 0.15) is 0 Å². The Morgan fingerprint density at radius 1 is 0.969 bits per heavy atom. The van der Waals surface area contributed by atoms with Crippen molar-refractivity contribution < 1.29 is 9.18 Å². The number of aromatic amines is 1. The Hall–Kier alpha value is -3.97. The van der Waals surface area contributed by atoms with Crippen molar-refractivity contribution in [1.29, 1.82) is 0 Å². The summed E-state index contributed by atoms with van der Waals surface area (Å²) >= 11 is 5.94. The lowest BCUT2D eigenvalue weighted by molar-refractivity contribution is -0.115. The summed E-state index contributed by atoms with van der Waals surface area (Å²) in [5, 5.41) is 3.45. The zero-order valence-electron chi connectivity index (χ0n) is 16.6. The molecular formula is C24H17ClFN3O3. The third-order valence-corrected chi connectivity index (χ3v) is 5.05. The fourth-order valence-corrected chi connectivity index (χ4v) is 3.36. The van der Waals surface area contributed by atoms with E-state index < -0.39 is 17.1 Å². The van der Waals surface area contributed by atoms with Crippen molar-refractivity contribution in [2.45, 2.75) is 6.42 Å². The topological polar surface area (TPSA) is 84.0 Å². The number of benzene rings is 3. The van der Waals surface area contributed by atoms with Crippen LogP contribution in [0.1, 0.15) is 5.56 Å². The number of halogens is 2. The van der Waals surface area contributed by atoms with Gasteiger partial charge in [0.05, 0.1) is 18.3 Å². The highest BCUT2D eigenvalue weighted by Crippen LogP contribution is 2.23. The maximum Gasteiger partial charge on any atom is 0.333 e. The van der Waals surface area contributed by atoms with E-state index in [0.29, 0.717) is 16.4 Å². The van der Waals surface area contributed by atoms with Gasteiger partial charge in [-0.05, 0) is 53.1 Å². The average molecular weight is 450 g/mol. The van der Waals surface area contributed by atoms with Gasteiger partial charge in [-0.3, -0.25) is 19.1 Å². The third kappa shape index (κ3) is 4.84. The third-order valence-electron chi connectivity index (χ3n) is 4.80. The molecule has 4 rings (SSSR count). The number of hydrogen-bond acceptors (Lipinski definition) is 3. The number of amides is 1. The molecule has 1 amide bonds. The molecule has 0 radical (unpaired) electrons. The summed E-state index contributed by atoms with van der Waals surface area (Å²) in [5.74, 6) is -1.28. The van der Waals surface area contributed by atoms with E-state index in [9.17, 15) is 18.8 Å². The van der Waals surface area contributed by atoms with Crippen LogP contribution in [0.5, 0.6) is 0 Å². The van der Waals surface area contributed by atoms with Gasteiger partial charge in [0.25, 0.3) is 5.56 Å². The SMILES string of the molecule is O=C(Cc1cccc(-c2ccc(Cl)cc2)c1)Nc1ccc(-n2cc(F)c(=O)[nH]c2=O)cc1. The molecule has 0 spiro atoms. The van der Waals surface area contributed by atoms with Crippen LogP contribution in [0, 0.1) is 5.82 Å². The molecule has 1 aromatic heterocycles. The smallest absolute Gasteiger partial charge is 0.326 e. The van der Waals surface area contributed by atoms with E-state index in [-0.39, 0.29) is 12.3 Å². The van der Waals surface area contributed by atoms with E-state index in [0.717, 1.165) is 27.5 Å². The fraction of sp³-hybridized carbons (Fsp3) is 0.0417. The summed E-state index contributed by atoms with van der Waals surface area (Å²) in [7, 11) is 0. The number of hydrogen-bond donors (Lipinski definition) is 2. The summed E-state index contributed by atoms with van der Waals surface area (Å²) in [6, 6.07) is 21.4. The number of aromatic nitrogens is 2. The van der Waals surface area contributed by atoms with Crippen molar-refractivity contribution in [3.63, 3.8) is 0 Å². The molecule has 4 aromatic rings. The van der Waals surface area contributed by atoms with E-state index in [1.807, 2.05) is 53.5 Å². The van der Waals surface area contributed by atoms with Crippen LogP contribution in [0.25, 0.3) is 16.8 Å². The molecule has 0 aliphatic carbocycles. The first-order chi connectivity index (χ1) is 15.4. The molecule has 0 saturated carbocycles. The molecule has 0 fully saturated rings. The number of nitrogens with zero attached hydrogens (tertiary/aromatic N) is 1. The van der Waals surface area contributed by atoms with Crippen LogP contribution >= 0.6 is 11.6 Å². The van der Waals surface area contributed by atoms with Gasteiger partial charge in [0.2, 0.25) is 11.7 Å². The molecule has 0 saturated heterocycles. The Morgan fingerprint density at radius 3 is 2.41 bits per heavy atom. The highest BCUT2D eigenvalue weighted by molar-refractivity contribution is 6.30. The number of H-pyrrole nitrogens is 1. The Bertz CT molecular complexity index is 1390. The Balaban J connectivity index is 1.45. The normalized spacial score (nSPS) is 10.7. The predicted octanol–water partition coefficient (Wildman–Crippen LogP) is 4.17. The summed E-state index contributed by atoms with van der Waals surface area (Å²) in [5.41, 5.74) is 1.87. The van der Waals surface area contributed by atoms with E-state index in [2.05, 4.69) is 5.32 Å². The molecule has 2 N–H and O–H groups in total. The van der Waals surface area contributed by atoms with Gasteiger partial charge >= 0.3 is 5.69 Å². The summed E-state index contributed by atoms with van der Waals surface area (Å²) in [4.78, 5) is 37.4. The fourth-order valence-electron chi connectivity index (χ4n) is 3.24. The van der Waals surface area contributed by atoms with Crippen LogP contribution in [-0.2, 0) is 11.2 Å². The van der Waals surface area contributed by atoms with Crippen molar-refractivity contribution in [2.75, 3.05) is 5.32 Å². The number of rotatable bonds is 5. The van der Waals surface area contributed by atoms with Gasteiger partial charge in [-0.15, -0.1) is 0 Å². The minimum Gasteiger partial charge on any atom is -0.326 e. The average Bonchev–Trinajstić information content (AvgIpc) is 2.77. The van der Waals surface area contributed by atoms with Gasteiger partial charge in [-0.1, -0.05) is 48.0 Å². The zero-order chi connectivity index (χ0) is 22.7. The maximum absolute atomic E-state index is 13.5. The van der Waals surface area contributed by atoms with Crippen LogP contribution in [-0.4, -0.2) is 15.5 Å². The van der Waals surface area contributed by atoms with Gasteiger partial charge in [-0.25, -0.2) is 4.79 Å². The molecule has 6 nitrogen and oxygen atoms in total. The molecule has 1 heterocycles. The maximum atomic E-state index is 13.5. The van der Waals surface area contributed by atoms with E-state index >= 15 is 0 Å². The van der Waals surface area contributed by atoms with Gasteiger partial charge in [0, 0.05) is 10.7 Å². The predicted molar refractivity (Wildman–Crippen MR) is 122 cm³/mol. The molecule has 0 atom stereocenters. The molecule has 8 heteroatoms. The second-order valence-electron chi connectivity index (χ2n) is 7.09. The van der Waals surface area contributed by atoms with Gasteiger partial charge in [-0.2, -0.15) is 4.39 Å². The second kappa shape index (κ2) is 9.03. The first-order valence-electron chi connectivity index (χ1n) is 9.66. The molecule has 3 aromatic carbocycles. The first-order valence-corrected chi connectivity index (χ1v) is 10.0. The van der Waals surface area contributed by atoms with Crippen LogP contribution in [0.3, 0.4) is 0 Å². The van der Waals surface area contributed by atoms with Crippen molar-refractivity contribution in [3.05, 3.63) is 116 Å². The molecule has 0 bridgehead atoms. The van der Waals surface area contributed by atoms with Gasteiger partial charge in [0.15, 0.2) is 0 Å². The highest BCUT2D eigenvalue weighted by Gasteiger charge is 2.08. The number of carbonyl (C=O) groups is 1. The quantitative estimate of drug-likeness (QED) is 0.479. The minimum atomic E-state index is -1.07. The van der Waals surface area contributed by atoms with E-state index in [4.69, 9.17) is 11.6 Å². The number of carbonyl (C=O) groups excluding carboxylic acids is 1. The van der Waals surface area contributed by atoms with E-state index in [1.165, 1.54) is 12.1 Å². The lowest BCUT2D eigenvalue weighted by Gasteiger charge is -2.09. The highest BCUT2D eigenvalue weighted by atomic mass is 35.5. The summed E-state index contributed by atoms with van der Waals surface area (Å²) in [6.07, 6.45) is 0.996. The second-order valence-corrected chi connectivity index (χ2v) is 7.52. The standard InChI is InChI=1S/C24H17ClFN3O3/c25-18-6-4-16(5-7-18)17-3-1-2-15(12-17)13-22(30)27-19-8-10-20(11-9-19)29-14-21(26)23(31)28-24(29)32/h1-12,14H,13H2,(H,27,30)(H,28,31,32). The van der Waals surface area contributed by atoms with Crippen molar-refractivity contribution >= 4 is 23.2 Å². The molecule has 0 aliphatic heterocycles. The number of nitrogens with one attached hydrogen (secondary N) is 2. The minimum absolute atomic E-state index is 0.174. The molecular weight excluding hydrogens is 433 g/mol. The molecule has 32 heavy (non-hydrogen) atoms. The lowest BCUT2D eigenvalue weighted by atomic mass is 10.0. The Labute approximate surface area is 186 Å². The van der Waals surface area contributed by atoms with Crippen molar-refractivity contribution in [2.24, 2.45) is 0 Å². The van der Waals surface area contributed by atoms with Crippen LogP contribution in [0.15, 0.2) is 88.6 Å². The Kier molecular flexibility index (Phi) is 6.00. The monoisotopic (exact) mass is 449 g/mol.